The Kier molecular flexibility index (Phi) is 7.75. The number of carbonyl (C=O) groups is 3. The van der Waals surface area contributed by atoms with E-state index in [9.17, 15) is 14.4 Å². The van der Waals surface area contributed by atoms with Gasteiger partial charge in [-0.3, -0.25) is 9.59 Å². The standard InChI is InChI=1S/C11H18O6/c1-4-15-10(13)7-6-9(17-8(3)12)11(14)16-5-2/h9H,4-7H2,1-3H3. The van der Waals surface area contributed by atoms with Crippen molar-refractivity contribution < 1.29 is 28.6 Å². The van der Waals surface area contributed by atoms with Gasteiger partial charge >= 0.3 is 17.9 Å². The molecule has 0 saturated carbocycles. The van der Waals surface area contributed by atoms with E-state index >= 15 is 0 Å². The van der Waals surface area contributed by atoms with Gasteiger partial charge in [0.25, 0.3) is 0 Å². The largest absolute Gasteiger partial charge is 0.466 e. The fourth-order valence-electron chi connectivity index (χ4n) is 1.14. The molecular formula is C11H18O6. The van der Waals surface area contributed by atoms with E-state index in [1.807, 2.05) is 0 Å². The van der Waals surface area contributed by atoms with Crippen molar-refractivity contribution in [2.75, 3.05) is 13.2 Å². The summed E-state index contributed by atoms with van der Waals surface area (Å²) in [4.78, 5) is 33.3. The Morgan fingerprint density at radius 1 is 1.06 bits per heavy atom. The Hall–Kier alpha value is -1.59. The fraction of sp³-hybridized carbons (Fsp3) is 0.727. The first kappa shape index (κ1) is 15.4. The quantitative estimate of drug-likeness (QED) is 0.489. The first-order valence-corrected chi connectivity index (χ1v) is 5.50. The van der Waals surface area contributed by atoms with E-state index < -0.39 is 24.0 Å². The maximum atomic E-state index is 11.4. The van der Waals surface area contributed by atoms with Crippen LogP contribution in [-0.4, -0.2) is 37.2 Å². The number of hydrogen-bond donors (Lipinski definition) is 0. The molecule has 0 radical (unpaired) electrons. The molecule has 0 aliphatic heterocycles. The van der Waals surface area contributed by atoms with Gasteiger partial charge in [0.1, 0.15) is 0 Å². The minimum Gasteiger partial charge on any atom is -0.466 e. The summed E-state index contributed by atoms with van der Waals surface area (Å²) in [6, 6.07) is 0. The second-order valence-electron chi connectivity index (χ2n) is 3.19. The molecule has 0 spiro atoms. The average molecular weight is 246 g/mol. The third kappa shape index (κ3) is 7.32. The number of ether oxygens (including phenoxy) is 3. The molecule has 0 N–H and O–H groups in total. The summed E-state index contributed by atoms with van der Waals surface area (Å²) in [7, 11) is 0. The predicted octanol–water partition coefficient (Wildman–Crippen LogP) is 0.825. The van der Waals surface area contributed by atoms with Crippen LogP contribution in [0.5, 0.6) is 0 Å². The van der Waals surface area contributed by atoms with Gasteiger partial charge in [-0.15, -0.1) is 0 Å². The van der Waals surface area contributed by atoms with Crippen molar-refractivity contribution >= 4 is 17.9 Å². The summed E-state index contributed by atoms with van der Waals surface area (Å²) in [5.74, 6) is -1.67. The Labute approximate surface area is 100 Å². The summed E-state index contributed by atoms with van der Waals surface area (Å²) in [6.45, 7) is 4.99. The zero-order valence-electron chi connectivity index (χ0n) is 10.4. The molecule has 0 aliphatic rings. The summed E-state index contributed by atoms with van der Waals surface area (Å²) in [6.07, 6.45) is -0.973. The van der Waals surface area contributed by atoms with Gasteiger partial charge < -0.3 is 14.2 Å². The fourth-order valence-corrected chi connectivity index (χ4v) is 1.14. The summed E-state index contributed by atoms with van der Waals surface area (Å²) >= 11 is 0. The van der Waals surface area contributed by atoms with Crippen LogP contribution in [-0.2, 0) is 28.6 Å². The molecule has 0 rings (SSSR count). The molecule has 0 heterocycles. The highest BCUT2D eigenvalue weighted by Gasteiger charge is 2.24. The van der Waals surface area contributed by atoms with E-state index in [0.29, 0.717) is 0 Å². The van der Waals surface area contributed by atoms with Gasteiger partial charge in [-0.05, 0) is 13.8 Å². The molecule has 1 unspecified atom stereocenters. The van der Waals surface area contributed by atoms with Gasteiger partial charge in [-0.2, -0.15) is 0 Å². The molecule has 0 aromatic carbocycles. The zero-order valence-corrected chi connectivity index (χ0v) is 10.4. The van der Waals surface area contributed by atoms with Crippen LogP contribution < -0.4 is 0 Å². The zero-order chi connectivity index (χ0) is 13.3. The van der Waals surface area contributed by atoms with Crippen LogP contribution >= 0.6 is 0 Å². The molecular weight excluding hydrogens is 228 g/mol. The highest BCUT2D eigenvalue weighted by Crippen LogP contribution is 2.07. The van der Waals surface area contributed by atoms with Gasteiger partial charge in [0.15, 0.2) is 6.10 Å². The maximum Gasteiger partial charge on any atom is 0.347 e. The van der Waals surface area contributed by atoms with Crippen molar-refractivity contribution in [2.24, 2.45) is 0 Å². The third-order valence-electron chi connectivity index (χ3n) is 1.77. The van der Waals surface area contributed by atoms with Crippen LogP contribution in [0.15, 0.2) is 0 Å². The van der Waals surface area contributed by atoms with Crippen molar-refractivity contribution in [2.45, 2.75) is 39.7 Å². The van der Waals surface area contributed by atoms with Crippen molar-refractivity contribution in [3.05, 3.63) is 0 Å². The van der Waals surface area contributed by atoms with Crippen LogP contribution in [0.25, 0.3) is 0 Å². The molecule has 0 aromatic heterocycles. The molecule has 6 nitrogen and oxygen atoms in total. The van der Waals surface area contributed by atoms with Crippen LogP contribution in [0, 0.1) is 0 Å². The van der Waals surface area contributed by atoms with Gasteiger partial charge in [0.2, 0.25) is 0 Å². The van der Waals surface area contributed by atoms with Crippen molar-refractivity contribution in [3.8, 4) is 0 Å². The molecule has 0 aromatic rings. The third-order valence-corrected chi connectivity index (χ3v) is 1.77. The molecule has 0 fully saturated rings. The second kappa shape index (κ2) is 8.55. The SMILES string of the molecule is CCOC(=O)CCC(OC(C)=O)C(=O)OCC. The van der Waals surface area contributed by atoms with E-state index in [1.165, 1.54) is 6.92 Å². The van der Waals surface area contributed by atoms with Crippen molar-refractivity contribution in [1.29, 1.82) is 0 Å². The highest BCUT2D eigenvalue weighted by atomic mass is 16.6. The molecule has 1 atom stereocenters. The van der Waals surface area contributed by atoms with Crippen LogP contribution in [0.4, 0.5) is 0 Å². The number of esters is 3. The molecule has 17 heavy (non-hydrogen) atoms. The topological polar surface area (TPSA) is 78.9 Å². The Balaban J connectivity index is 4.23. The molecule has 0 bridgehead atoms. The van der Waals surface area contributed by atoms with Crippen LogP contribution in [0.3, 0.4) is 0 Å². The number of hydrogen-bond acceptors (Lipinski definition) is 6. The van der Waals surface area contributed by atoms with E-state index in [1.54, 1.807) is 13.8 Å². The lowest BCUT2D eigenvalue weighted by Gasteiger charge is -2.14. The summed E-state index contributed by atoms with van der Waals surface area (Å²) < 4.78 is 14.2. The summed E-state index contributed by atoms with van der Waals surface area (Å²) in [5.41, 5.74) is 0. The average Bonchev–Trinajstić information content (AvgIpc) is 2.24. The molecule has 0 saturated heterocycles. The summed E-state index contributed by atoms with van der Waals surface area (Å²) in [5, 5.41) is 0. The smallest absolute Gasteiger partial charge is 0.347 e. The van der Waals surface area contributed by atoms with Gasteiger partial charge in [-0.25, -0.2) is 4.79 Å². The number of rotatable bonds is 7. The normalized spacial score (nSPS) is 11.5. The van der Waals surface area contributed by atoms with Crippen molar-refractivity contribution in [3.63, 3.8) is 0 Å². The molecule has 98 valence electrons. The Morgan fingerprint density at radius 2 is 1.65 bits per heavy atom. The monoisotopic (exact) mass is 246 g/mol. The molecule has 6 heteroatoms. The number of carbonyl (C=O) groups excluding carboxylic acids is 3. The van der Waals surface area contributed by atoms with E-state index in [4.69, 9.17) is 14.2 Å². The lowest BCUT2D eigenvalue weighted by Crippen LogP contribution is -2.29. The van der Waals surface area contributed by atoms with Gasteiger partial charge in [-0.1, -0.05) is 0 Å². The van der Waals surface area contributed by atoms with Crippen LogP contribution in [0.2, 0.25) is 0 Å². The molecule has 0 aliphatic carbocycles. The highest BCUT2D eigenvalue weighted by molar-refractivity contribution is 5.79. The minimum absolute atomic E-state index is 0.00456. The lowest BCUT2D eigenvalue weighted by molar-refractivity contribution is -0.167. The Morgan fingerprint density at radius 3 is 2.12 bits per heavy atom. The molecule has 0 amide bonds. The Bertz CT molecular complexity index is 273. The van der Waals surface area contributed by atoms with Crippen LogP contribution in [0.1, 0.15) is 33.6 Å². The lowest BCUT2D eigenvalue weighted by atomic mass is 10.2. The van der Waals surface area contributed by atoms with E-state index in [2.05, 4.69) is 0 Å². The van der Waals surface area contributed by atoms with E-state index in [0.717, 1.165) is 0 Å². The first-order chi connectivity index (χ1) is 8.01. The predicted molar refractivity (Wildman–Crippen MR) is 58.1 cm³/mol. The van der Waals surface area contributed by atoms with Crippen molar-refractivity contribution in [1.82, 2.24) is 0 Å². The van der Waals surface area contributed by atoms with Gasteiger partial charge in [0, 0.05) is 19.8 Å². The van der Waals surface area contributed by atoms with E-state index in [-0.39, 0.29) is 26.1 Å². The van der Waals surface area contributed by atoms with Gasteiger partial charge in [0.05, 0.1) is 13.2 Å². The maximum absolute atomic E-state index is 11.4. The first-order valence-electron chi connectivity index (χ1n) is 5.50. The minimum atomic E-state index is -1.04. The second-order valence-corrected chi connectivity index (χ2v) is 3.19.